The molecule has 9 nitrogen and oxygen atoms in total. The van der Waals surface area contributed by atoms with E-state index in [0.29, 0.717) is 29.6 Å². The molecule has 2 fully saturated rings. The fourth-order valence-electron chi connectivity index (χ4n) is 5.68. The Morgan fingerprint density at radius 2 is 1.98 bits per heavy atom. The lowest BCUT2D eigenvalue weighted by Gasteiger charge is -2.34. The number of halogens is 3. The average Bonchev–Trinajstić information content (AvgIpc) is 3.47. The van der Waals surface area contributed by atoms with Gasteiger partial charge in [0.05, 0.1) is 29.9 Å². The average molecular weight is 569 g/mol. The predicted molar refractivity (Wildman–Crippen MR) is 146 cm³/mol. The number of piperidine rings is 1. The lowest BCUT2D eigenvalue weighted by atomic mass is 10.0. The van der Waals surface area contributed by atoms with Gasteiger partial charge in [0.1, 0.15) is 6.54 Å². The summed E-state index contributed by atoms with van der Waals surface area (Å²) in [6, 6.07) is 16.3. The van der Waals surface area contributed by atoms with Crippen LogP contribution >= 0.6 is 0 Å². The van der Waals surface area contributed by atoms with Gasteiger partial charge in [-0.2, -0.15) is 18.2 Å². The highest BCUT2D eigenvalue weighted by Gasteiger charge is 2.43. The molecule has 0 spiro atoms. The number of carbonyl (C=O) groups excluding carboxylic acids is 1. The zero-order valence-corrected chi connectivity index (χ0v) is 22.4. The Morgan fingerprint density at radius 1 is 1.17 bits per heavy atom. The van der Waals surface area contributed by atoms with Crippen molar-refractivity contribution >= 4 is 22.5 Å². The van der Waals surface area contributed by atoms with Crippen molar-refractivity contribution in [2.75, 3.05) is 25.5 Å². The van der Waals surface area contributed by atoms with Crippen molar-refractivity contribution in [1.82, 2.24) is 24.9 Å². The number of alkyl halides is 3. The molecular formula is C29H31F3N6O3. The highest BCUT2D eigenvalue weighted by atomic mass is 19.4. The first-order valence-corrected chi connectivity index (χ1v) is 13.6. The highest BCUT2D eigenvalue weighted by molar-refractivity contribution is 5.96. The van der Waals surface area contributed by atoms with Crippen LogP contribution in [0, 0.1) is 5.92 Å². The van der Waals surface area contributed by atoms with Crippen LogP contribution in [0.4, 0.5) is 18.9 Å². The molecule has 0 radical (unpaired) electrons. The van der Waals surface area contributed by atoms with E-state index >= 15 is 0 Å². The number of aromatic nitrogens is 3. The number of rotatable bonds is 8. The van der Waals surface area contributed by atoms with E-state index in [0.717, 1.165) is 23.1 Å². The number of amides is 1. The molecule has 1 saturated carbocycles. The largest absolute Gasteiger partial charge is 0.406 e. The Balaban J connectivity index is 1.22. The Morgan fingerprint density at radius 3 is 2.73 bits per heavy atom. The summed E-state index contributed by atoms with van der Waals surface area (Å²) in [5.41, 5.74) is 2.23. The van der Waals surface area contributed by atoms with Crippen LogP contribution in [0.1, 0.15) is 30.2 Å². The van der Waals surface area contributed by atoms with E-state index in [2.05, 4.69) is 20.8 Å². The molecule has 41 heavy (non-hydrogen) atoms. The van der Waals surface area contributed by atoms with Gasteiger partial charge >= 0.3 is 6.18 Å². The number of carbonyl (C=O) groups is 1. The van der Waals surface area contributed by atoms with Gasteiger partial charge in [-0.3, -0.25) is 4.79 Å². The van der Waals surface area contributed by atoms with Gasteiger partial charge in [0.2, 0.25) is 17.6 Å². The molecule has 3 heterocycles. The molecule has 4 aromatic rings. The van der Waals surface area contributed by atoms with Gasteiger partial charge in [0.25, 0.3) is 0 Å². The van der Waals surface area contributed by atoms with Gasteiger partial charge < -0.3 is 29.7 Å². The molecule has 2 aromatic heterocycles. The summed E-state index contributed by atoms with van der Waals surface area (Å²) >= 11 is 0. The number of likely N-dealkylation sites (N-methyl/N-ethyl adjacent to an activating group) is 1. The fraction of sp³-hybridized carbons (Fsp3) is 0.414. The SMILES string of the molecule is CN1CC[C@@H](Nc2cccc3c2cc(-c2noc(CNC(=O)[C@@H]4C[C@@H]4c4ccccc4)n2)n3CC(F)(F)F)[C@@H](O)C1. The summed E-state index contributed by atoms with van der Waals surface area (Å²) < 4.78 is 47.4. The minimum atomic E-state index is -4.49. The van der Waals surface area contributed by atoms with Gasteiger partial charge in [-0.1, -0.05) is 41.6 Å². The first kappa shape index (κ1) is 27.3. The summed E-state index contributed by atoms with van der Waals surface area (Å²) in [7, 11) is 1.93. The molecule has 6 rings (SSSR count). The maximum atomic E-state index is 13.7. The van der Waals surface area contributed by atoms with Gasteiger partial charge in [-0.05, 0) is 56.1 Å². The van der Waals surface area contributed by atoms with Crippen LogP contribution in [0.5, 0.6) is 0 Å². The van der Waals surface area contributed by atoms with Crippen molar-refractivity contribution in [1.29, 1.82) is 0 Å². The molecule has 4 atom stereocenters. The third kappa shape index (κ3) is 5.94. The molecule has 12 heteroatoms. The van der Waals surface area contributed by atoms with Crippen molar-refractivity contribution < 1.29 is 27.6 Å². The molecule has 2 aliphatic rings. The predicted octanol–water partition coefficient (Wildman–Crippen LogP) is 4.15. The molecule has 0 bridgehead atoms. The zero-order chi connectivity index (χ0) is 28.7. The molecule has 1 aliphatic heterocycles. The van der Waals surface area contributed by atoms with Gasteiger partial charge in [-0.25, -0.2) is 0 Å². The number of aliphatic hydroxyl groups is 1. The normalized spacial score (nSPS) is 23.0. The number of β-amino-alcohol motifs (C(OH)–C–C–N with tert-alkyl or cyclic N) is 1. The van der Waals surface area contributed by atoms with Crippen molar-refractivity contribution in [2.45, 2.75) is 50.2 Å². The summed E-state index contributed by atoms with van der Waals surface area (Å²) in [4.78, 5) is 19.0. The molecule has 1 aliphatic carbocycles. The van der Waals surface area contributed by atoms with E-state index in [9.17, 15) is 23.1 Å². The van der Waals surface area contributed by atoms with Crippen LogP contribution in [0.15, 0.2) is 59.1 Å². The number of hydrogen-bond acceptors (Lipinski definition) is 7. The number of fused-ring (bicyclic) bond motifs is 1. The molecule has 1 saturated heterocycles. The van der Waals surface area contributed by atoms with E-state index in [-0.39, 0.29) is 47.7 Å². The summed E-state index contributed by atoms with van der Waals surface area (Å²) in [6.07, 6.45) is -3.66. The summed E-state index contributed by atoms with van der Waals surface area (Å²) in [5.74, 6) is 0.00102. The van der Waals surface area contributed by atoms with Gasteiger partial charge in [-0.15, -0.1) is 0 Å². The lowest BCUT2D eigenvalue weighted by molar-refractivity contribution is -0.139. The second-order valence-corrected chi connectivity index (χ2v) is 10.9. The molecule has 1 amide bonds. The van der Waals surface area contributed by atoms with E-state index in [4.69, 9.17) is 4.52 Å². The first-order valence-electron chi connectivity index (χ1n) is 13.6. The Labute approximate surface area is 234 Å². The Hall–Kier alpha value is -3.90. The number of aliphatic hydroxyl groups excluding tert-OH is 1. The van der Waals surface area contributed by atoms with Crippen molar-refractivity contribution in [3.05, 3.63) is 66.1 Å². The Bertz CT molecular complexity index is 1540. The third-order valence-corrected chi connectivity index (χ3v) is 7.88. The van der Waals surface area contributed by atoms with Crippen molar-refractivity contribution in [2.24, 2.45) is 5.92 Å². The summed E-state index contributed by atoms with van der Waals surface area (Å²) in [6.45, 7) is 0.0319. The number of likely N-dealkylation sites (tertiary alicyclic amines) is 1. The number of nitrogens with zero attached hydrogens (tertiary/aromatic N) is 4. The van der Waals surface area contributed by atoms with Crippen LogP contribution in [-0.4, -0.2) is 69.1 Å². The number of nitrogens with one attached hydrogen (secondary N) is 2. The van der Waals surface area contributed by atoms with Crippen LogP contribution < -0.4 is 10.6 Å². The fourth-order valence-corrected chi connectivity index (χ4v) is 5.68. The maximum absolute atomic E-state index is 13.7. The van der Waals surface area contributed by atoms with Gasteiger partial charge in [0.15, 0.2) is 0 Å². The summed E-state index contributed by atoms with van der Waals surface area (Å²) in [5, 5.41) is 21.2. The van der Waals surface area contributed by atoms with E-state index in [1.807, 2.05) is 42.3 Å². The second-order valence-electron chi connectivity index (χ2n) is 10.9. The molecule has 3 N–H and O–H groups in total. The highest BCUT2D eigenvalue weighted by Crippen LogP contribution is 2.47. The number of benzene rings is 2. The van der Waals surface area contributed by atoms with Crippen LogP contribution in [0.2, 0.25) is 0 Å². The topological polar surface area (TPSA) is 108 Å². The van der Waals surface area contributed by atoms with Gasteiger partial charge in [0, 0.05) is 23.5 Å². The molecule has 216 valence electrons. The Kier molecular flexibility index (Phi) is 7.20. The number of anilines is 1. The molecular weight excluding hydrogens is 537 g/mol. The maximum Gasteiger partial charge on any atom is 0.406 e. The van der Waals surface area contributed by atoms with E-state index in [1.54, 1.807) is 24.3 Å². The van der Waals surface area contributed by atoms with Crippen LogP contribution in [0.3, 0.4) is 0 Å². The third-order valence-electron chi connectivity index (χ3n) is 7.88. The lowest BCUT2D eigenvalue weighted by Crippen LogP contribution is -2.48. The van der Waals surface area contributed by atoms with Crippen LogP contribution in [0.25, 0.3) is 22.4 Å². The standard InChI is InChI=1S/C29H31F3N6O3/c1-37-11-10-22(25(39)15-37)34-21-8-5-9-23-20(21)13-24(38(23)16-29(30,31)32)27-35-26(41-36-27)14-33-28(40)19-12-18(19)17-6-3-2-4-7-17/h2-9,13,18-19,22,25,34,39H,10-12,14-16H2,1H3,(H,33,40)/t18-,19-,22-,25+/m1/s1. The molecule has 0 unspecified atom stereocenters. The first-order chi connectivity index (χ1) is 19.7. The molecule has 2 aromatic carbocycles. The minimum absolute atomic E-state index is 0.00596. The van der Waals surface area contributed by atoms with Crippen molar-refractivity contribution in [3.63, 3.8) is 0 Å². The smallest absolute Gasteiger partial charge is 0.390 e. The monoisotopic (exact) mass is 568 g/mol. The quantitative estimate of drug-likeness (QED) is 0.293. The van der Waals surface area contributed by atoms with Crippen LogP contribution in [-0.2, 0) is 17.9 Å². The second kappa shape index (κ2) is 10.8. The van der Waals surface area contributed by atoms with E-state index < -0.39 is 18.8 Å². The van der Waals surface area contributed by atoms with Crippen molar-refractivity contribution in [3.8, 4) is 11.5 Å². The zero-order valence-electron chi connectivity index (χ0n) is 22.4. The van der Waals surface area contributed by atoms with E-state index in [1.165, 1.54) is 0 Å². The minimum Gasteiger partial charge on any atom is -0.390 e. The number of hydrogen-bond donors (Lipinski definition) is 3.